The Balaban J connectivity index is 2.31. The standard InChI is InChI=1S/C16H23ClN2O/c1-20-15-11-13(17)9-10-14(15)16(19-18)12-7-5-3-2-4-6-8-12/h7,9-11,16,19H,2-6,8,18H2,1H3/b12-7+. The summed E-state index contributed by atoms with van der Waals surface area (Å²) in [5.41, 5.74) is 5.34. The Morgan fingerprint density at radius 1 is 1.25 bits per heavy atom. The van der Waals surface area contributed by atoms with Crippen molar-refractivity contribution in [2.45, 2.75) is 44.6 Å². The normalized spacial score (nSPS) is 20.4. The summed E-state index contributed by atoms with van der Waals surface area (Å²) in [5, 5.41) is 0.674. The van der Waals surface area contributed by atoms with Crippen LogP contribution in [0.25, 0.3) is 0 Å². The van der Waals surface area contributed by atoms with Gasteiger partial charge in [0.25, 0.3) is 0 Å². The van der Waals surface area contributed by atoms with Gasteiger partial charge < -0.3 is 4.74 Å². The lowest BCUT2D eigenvalue weighted by Gasteiger charge is -2.23. The fraction of sp³-hybridized carbons (Fsp3) is 0.500. The molecule has 3 N–H and O–H groups in total. The average Bonchev–Trinajstić information content (AvgIpc) is 2.42. The van der Waals surface area contributed by atoms with Gasteiger partial charge in [0.05, 0.1) is 13.2 Å². The molecule has 0 saturated carbocycles. The highest BCUT2D eigenvalue weighted by Gasteiger charge is 2.19. The van der Waals surface area contributed by atoms with E-state index in [2.05, 4.69) is 11.5 Å². The van der Waals surface area contributed by atoms with Crippen molar-refractivity contribution in [1.29, 1.82) is 0 Å². The second-order valence-corrected chi connectivity index (χ2v) is 5.65. The number of methoxy groups -OCH3 is 1. The van der Waals surface area contributed by atoms with Gasteiger partial charge in [-0.1, -0.05) is 42.2 Å². The molecule has 1 atom stereocenters. The van der Waals surface area contributed by atoms with Gasteiger partial charge in [-0.25, -0.2) is 5.43 Å². The van der Waals surface area contributed by atoms with E-state index >= 15 is 0 Å². The Labute approximate surface area is 126 Å². The third-order valence-corrected chi connectivity index (χ3v) is 4.11. The van der Waals surface area contributed by atoms with Crippen molar-refractivity contribution in [3.05, 3.63) is 40.4 Å². The second kappa shape index (κ2) is 7.67. The topological polar surface area (TPSA) is 47.3 Å². The van der Waals surface area contributed by atoms with Crippen molar-refractivity contribution >= 4 is 11.6 Å². The maximum Gasteiger partial charge on any atom is 0.125 e. The number of hydrogen-bond acceptors (Lipinski definition) is 3. The molecule has 20 heavy (non-hydrogen) atoms. The molecule has 0 radical (unpaired) electrons. The molecule has 0 aliphatic heterocycles. The Hall–Kier alpha value is -1.03. The summed E-state index contributed by atoms with van der Waals surface area (Å²) in [7, 11) is 1.66. The number of hydrogen-bond donors (Lipinski definition) is 2. The molecule has 1 aromatic carbocycles. The number of nitrogens with two attached hydrogens (primary N) is 1. The largest absolute Gasteiger partial charge is 0.496 e. The third kappa shape index (κ3) is 3.75. The number of nitrogens with one attached hydrogen (secondary N) is 1. The van der Waals surface area contributed by atoms with Crippen LogP contribution in [0.15, 0.2) is 29.8 Å². The molecule has 0 saturated heterocycles. The Kier molecular flexibility index (Phi) is 5.89. The first-order valence-corrected chi connectivity index (χ1v) is 7.62. The highest BCUT2D eigenvalue weighted by Crippen LogP contribution is 2.34. The van der Waals surface area contributed by atoms with Crippen molar-refractivity contribution in [2.75, 3.05) is 7.11 Å². The molecule has 110 valence electrons. The van der Waals surface area contributed by atoms with Gasteiger partial charge in [0, 0.05) is 10.6 Å². The minimum atomic E-state index is 0.000293. The number of hydrazine groups is 1. The van der Waals surface area contributed by atoms with Crippen LogP contribution >= 0.6 is 11.6 Å². The van der Waals surface area contributed by atoms with E-state index in [0.717, 1.165) is 24.2 Å². The fourth-order valence-electron chi connectivity index (χ4n) is 2.80. The summed E-state index contributed by atoms with van der Waals surface area (Å²) in [5.74, 6) is 6.59. The maximum absolute atomic E-state index is 6.03. The molecule has 0 fully saturated rings. The predicted molar refractivity (Wildman–Crippen MR) is 83.9 cm³/mol. The van der Waals surface area contributed by atoms with E-state index in [1.165, 1.54) is 31.3 Å². The van der Waals surface area contributed by atoms with Crippen LogP contribution in [0.1, 0.15) is 50.1 Å². The molecule has 0 heterocycles. The van der Waals surface area contributed by atoms with Crippen LogP contribution in [0.3, 0.4) is 0 Å². The Morgan fingerprint density at radius 2 is 2.05 bits per heavy atom. The van der Waals surface area contributed by atoms with Gasteiger partial charge in [-0.15, -0.1) is 0 Å². The molecule has 1 aliphatic carbocycles. The number of benzene rings is 1. The lowest BCUT2D eigenvalue weighted by molar-refractivity contribution is 0.402. The lowest BCUT2D eigenvalue weighted by Crippen LogP contribution is -2.30. The van der Waals surface area contributed by atoms with Gasteiger partial charge in [-0.05, 0) is 37.8 Å². The van der Waals surface area contributed by atoms with E-state index < -0.39 is 0 Å². The number of halogens is 1. The molecule has 3 nitrogen and oxygen atoms in total. The van der Waals surface area contributed by atoms with Crippen LogP contribution in [0.4, 0.5) is 0 Å². The maximum atomic E-state index is 6.03. The lowest BCUT2D eigenvalue weighted by atomic mass is 9.91. The summed E-state index contributed by atoms with van der Waals surface area (Å²) < 4.78 is 5.45. The van der Waals surface area contributed by atoms with Crippen molar-refractivity contribution in [2.24, 2.45) is 5.84 Å². The van der Waals surface area contributed by atoms with Crippen molar-refractivity contribution in [1.82, 2.24) is 5.43 Å². The summed E-state index contributed by atoms with van der Waals surface area (Å²) in [6.07, 6.45) is 9.65. The minimum Gasteiger partial charge on any atom is -0.496 e. The van der Waals surface area contributed by atoms with E-state index in [9.17, 15) is 0 Å². The van der Waals surface area contributed by atoms with E-state index in [1.807, 2.05) is 18.2 Å². The summed E-state index contributed by atoms with van der Waals surface area (Å²) in [4.78, 5) is 0. The molecule has 4 heteroatoms. The fourth-order valence-corrected chi connectivity index (χ4v) is 2.96. The number of ether oxygens (including phenoxy) is 1. The molecule has 1 unspecified atom stereocenters. The molecule has 1 aromatic rings. The van der Waals surface area contributed by atoms with Crippen LogP contribution in [0.5, 0.6) is 5.75 Å². The van der Waals surface area contributed by atoms with Crippen LogP contribution in [0, 0.1) is 0 Å². The first-order chi connectivity index (χ1) is 9.76. The van der Waals surface area contributed by atoms with Gasteiger partial charge in [0.15, 0.2) is 0 Å². The third-order valence-electron chi connectivity index (χ3n) is 3.87. The molecular weight excluding hydrogens is 272 g/mol. The Morgan fingerprint density at radius 3 is 2.80 bits per heavy atom. The molecular formula is C16H23ClN2O. The molecule has 1 aliphatic rings. The number of allylic oxidation sites excluding steroid dienone is 1. The van der Waals surface area contributed by atoms with E-state index in [1.54, 1.807) is 7.11 Å². The zero-order valence-corrected chi connectivity index (χ0v) is 12.7. The highest BCUT2D eigenvalue weighted by molar-refractivity contribution is 6.30. The molecule has 2 rings (SSSR count). The van der Waals surface area contributed by atoms with Gasteiger partial charge in [-0.3, -0.25) is 5.84 Å². The number of rotatable bonds is 4. The molecule has 0 aromatic heterocycles. The quantitative estimate of drug-likeness (QED) is 0.498. The summed E-state index contributed by atoms with van der Waals surface area (Å²) >= 11 is 6.03. The van der Waals surface area contributed by atoms with E-state index in [4.69, 9.17) is 22.2 Å². The predicted octanol–water partition coefficient (Wildman–Crippen LogP) is 4.13. The van der Waals surface area contributed by atoms with Gasteiger partial charge in [-0.2, -0.15) is 0 Å². The average molecular weight is 295 g/mol. The monoisotopic (exact) mass is 294 g/mol. The van der Waals surface area contributed by atoms with Crippen LogP contribution in [-0.2, 0) is 0 Å². The van der Waals surface area contributed by atoms with Gasteiger partial charge in [0.2, 0.25) is 0 Å². The van der Waals surface area contributed by atoms with Crippen LogP contribution in [-0.4, -0.2) is 7.11 Å². The van der Waals surface area contributed by atoms with Crippen LogP contribution < -0.4 is 16.0 Å². The molecule has 0 amide bonds. The minimum absolute atomic E-state index is 0.000293. The molecule has 0 spiro atoms. The van der Waals surface area contributed by atoms with Gasteiger partial charge in [0.1, 0.15) is 5.75 Å². The smallest absolute Gasteiger partial charge is 0.125 e. The second-order valence-electron chi connectivity index (χ2n) is 5.22. The SMILES string of the molecule is COc1cc(Cl)ccc1C(NN)/C1=C/CCCCCC1. The first-order valence-electron chi connectivity index (χ1n) is 7.24. The summed E-state index contributed by atoms with van der Waals surface area (Å²) in [6.45, 7) is 0. The Bertz CT molecular complexity index is 474. The highest BCUT2D eigenvalue weighted by atomic mass is 35.5. The van der Waals surface area contributed by atoms with E-state index in [-0.39, 0.29) is 6.04 Å². The van der Waals surface area contributed by atoms with Gasteiger partial charge >= 0.3 is 0 Å². The molecule has 0 bridgehead atoms. The summed E-state index contributed by atoms with van der Waals surface area (Å²) in [6, 6.07) is 5.71. The zero-order valence-electron chi connectivity index (χ0n) is 12.0. The van der Waals surface area contributed by atoms with Crippen molar-refractivity contribution in [3.63, 3.8) is 0 Å². The van der Waals surface area contributed by atoms with Crippen LogP contribution in [0.2, 0.25) is 5.02 Å². The van der Waals surface area contributed by atoms with Crippen molar-refractivity contribution < 1.29 is 4.74 Å². The first kappa shape index (κ1) is 15.4. The van der Waals surface area contributed by atoms with E-state index in [0.29, 0.717) is 5.02 Å². The zero-order chi connectivity index (χ0) is 14.4. The van der Waals surface area contributed by atoms with Crippen molar-refractivity contribution in [3.8, 4) is 5.75 Å².